The first-order chi connectivity index (χ1) is 18.0. The number of carbonyl (C=O) groups excluding carboxylic acids is 3. The van der Waals surface area contributed by atoms with E-state index in [1.54, 1.807) is 23.1 Å². The van der Waals surface area contributed by atoms with Crippen molar-refractivity contribution in [2.45, 2.75) is 77.2 Å². The minimum Gasteiger partial charge on any atom is -0.359 e. The standard InChI is InChI=1S/C29H37Cl2N3O4/c1-15(2)9-11-34-25(27(36)33-21-7-5-6-16(3)17(21)4)29-10-8-22(38-29)23(24(29)28(34)37)26(35)32-20-13-18(30)12-19(31)14-20/h8,10,12-17,21-25H,5-7,9,11H2,1-4H3,(H,32,35)(H,33,36)/t16-,17-,21-,22+,23-,24+,25+,29+/m1/s1. The summed E-state index contributed by atoms with van der Waals surface area (Å²) in [4.78, 5) is 43.2. The summed E-state index contributed by atoms with van der Waals surface area (Å²) >= 11 is 12.2. The smallest absolute Gasteiger partial charge is 0.246 e. The largest absolute Gasteiger partial charge is 0.359 e. The molecule has 1 spiro atoms. The maximum absolute atomic E-state index is 14.0. The monoisotopic (exact) mass is 561 g/mol. The van der Waals surface area contributed by atoms with Gasteiger partial charge in [-0.3, -0.25) is 14.4 Å². The van der Waals surface area contributed by atoms with Gasteiger partial charge >= 0.3 is 0 Å². The van der Waals surface area contributed by atoms with Crippen LogP contribution in [0.2, 0.25) is 10.0 Å². The maximum Gasteiger partial charge on any atom is 0.246 e. The molecule has 5 rings (SSSR count). The number of fused-ring (bicyclic) bond motifs is 1. The van der Waals surface area contributed by atoms with Gasteiger partial charge in [-0.15, -0.1) is 0 Å². The zero-order valence-corrected chi connectivity index (χ0v) is 23.9. The second-order valence-electron chi connectivity index (χ2n) is 11.9. The van der Waals surface area contributed by atoms with Crippen LogP contribution in [-0.2, 0) is 19.1 Å². The third-order valence-corrected chi connectivity index (χ3v) is 9.47. The van der Waals surface area contributed by atoms with Gasteiger partial charge in [-0.2, -0.15) is 0 Å². The van der Waals surface area contributed by atoms with E-state index in [0.29, 0.717) is 40.0 Å². The predicted octanol–water partition coefficient (Wildman–Crippen LogP) is 5.07. The van der Waals surface area contributed by atoms with Gasteiger partial charge in [-0.1, -0.05) is 75.9 Å². The van der Waals surface area contributed by atoms with Crippen molar-refractivity contribution in [3.05, 3.63) is 40.4 Å². The summed E-state index contributed by atoms with van der Waals surface area (Å²) in [7, 11) is 0. The Labute approximate surface area is 234 Å². The van der Waals surface area contributed by atoms with Gasteiger partial charge in [0.15, 0.2) is 0 Å². The molecule has 2 bridgehead atoms. The molecule has 8 atom stereocenters. The molecular weight excluding hydrogens is 525 g/mol. The number of hydrogen-bond donors (Lipinski definition) is 2. The van der Waals surface area contributed by atoms with Gasteiger partial charge in [-0.25, -0.2) is 0 Å². The van der Waals surface area contributed by atoms with Crippen molar-refractivity contribution in [2.24, 2.45) is 29.6 Å². The molecule has 3 fully saturated rings. The van der Waals surface area contributed by atoms with Crippen molar-refractivity contribution < 1.29 is 19.1 Å². The summed E-state index contributed by atoms with van der Waals surface area (Å²) in [5.41, 5.74) is -0.717. The Bertz CT molecular complexity index is 1140. The van der Waals surface area contributed by atoms with Crippen molar-refractivity contribution in [1.29, 1.82) is 0 Å². The van der Waals surface area contributed by atoms with E-state index in [0.717, 1.165) is 25.7 Å². The summed E-state index contributed by atoms with van der Waals surface area (Å²) in [5.74, 6) is -1.07. The predicted molar refractivity (Wildman–Crippen MR) is 148 cm³/mol. The van der Waals surface area contributed by atoms with Crippen molar-refractivity contribution >= 4 is 46.6 Å². The van der Waals surface area contributed by atoms with E-state index < -0.39 is 29.6 Å². The molecule has 206 valence electrons. The Morgan fingerprint density at radius 2 is 1.84 bits per heavy atom. The summed E-state index contributed by atoms with van der Waals surface area (Å²) in [6.45, 7) is 9.03. The lowest BCUT2D eigenvalue weighted by molar-refractivity contribution is -0.141. The van der Waals surface area contributed by atoms with Gasteiger partial charge in [0, 0.05) is 28.3 Å². The second-order valence-corrected chi connectivity index (χ2v) is 12.8. The molecule has 3 amide bonds. The van der Waals surface area contributed by atoms with Gasteiger partial charge in [0.05, 0.1) is 17.9 Å². The van der Waals surface area contributed by atoms with Crippen molar-refractivity contribution in [3.63, 3.8) is 0 Å². The van der Waals surface area contributed by atoms with Gasteiger partial charge in [0.25, 0.3) is 0 Å². The highest BCUT2D eigenvalue weighted by molar-refractivity contribution is 6.35. The summed E-state index contributed by atoms with van der Waals surface area (Å²) < 4.78 is 6.43. The number of benzene rings is 1. The zero-order chi connectivity index (χ0) is 27.4. The number of carbonyl (C=O) groups is 3. The molecule has 1 aromatic rings. The Balaban J connectivity index is 1.44. The first-order valence-corrected chi connectivity index (χ1v) is 14.5. The van der Waals surface area contributed by atoms with Gasteiger partial charge in [-0.05, 0) is 48.8 Å². The molecular formula is C29H37Cl2N3O4. The van der Waals surface area contributed by atoms with Crippen LogP contribution in [-0.4, -0.2) is 53.0 Å². The van der Waals surface area contributed by atoms with Crippen LogP contribution in [0.15, 0.2) is 30.4 Å². The lowest BCUT2D eigenvalue weighted by Gasteiger charge is -2.38. The zero-order valence-electron chi connectivity index (χ0n) is 22.4. The number of ether oxygens (including phenoxy) is 1. The fourth-order valence-corrected chi connectivity index (χ4v) is 7.33. The Hall–Kier alpha value is -2.09. The number of halogens is 2. The number of likely N-dealkylation sites (tertiary alicyclic amines) is 1. The lowest BCUT2D eigenvalue weighted by atomic mass is 9.73. The highest BCUT2D eigenvalue weighted by Gasteiger charge is 2.72. The molecule has 0 unspecified atom stereocenters. The fraction of sp³-hybridized carbons (Fsp3) is 0.621. The molecule has 1 aromatic carbocycles. The fourth-order valence-electron chi connectivity index (χ4n) is 6.80. The molecule has 0 radical (unpaired) electrons. The van der Waals surface area contributed by atoms with Crippen LogP contribution in [0.25, 0.3) is 0 Å². The van der Waals surface area contributed by atoms with Gasteiger partial charge in [0.2, 0.25) is 17.7 Å². The summed E-state index contributed by atoms with van der Waals surface area (Å²) in [6, 6.07) is 4.04. The quantitative estimate of drug-likeness (QED) is 0.455. The van der Waals surface area contributed by atoms with Crippen LogP contribution in [0.3, 0.4) is 0 Å². The lowest BCUT2D eigenvalue weighted by Crippen LogP contribution is -2.58. The molecule has 3 heterocycles. The third kappa shape index (κ3) is 4.75. The van der Waals surface area contributed by atoms with Crippen LogP contribution in [0, 0.1) is 29.6 Å². The van der Waals surface area contributed by atoms with E-state index in [2.05, 4.69) is 38.3 Å². The number of anilines is 1. The highest BCUT2D eigenvalue weighted by Crippen LogP contribution is 2.55. The maximum atomic E-state index is 14.0. The van der Waals surface area contributed by atoms with E-state index in [4.69, 9.17) is 27.9 Å². The average molecular weight is 563 g/mol. The first-order valence-electron chi connectivity index (χ1n) is 13.8. The molecule has 2 saturated heterocycles. The Kier molecular flexibility index (Phi) is 7.57. The average Bonchev–Trinajstić information content (AvgIpc) is 3.47. The summed E-state index contributed by atoms with van der Waals surface area (Å²) in [5, 5.41) is 6.95. The van der Waals surface area contributed by atoms with Crippen LogP contribution >= 0.6 is 23.2 Å². The number of nitrogens with zero attached hydrogens (tertiary/aromatic N) is 1. The van der Waals surface area contributed by atoms with E-state index in [-0.39, 0.29) is 23.8 Å². The Morgan fingerprint density at radius 1 is 1.13 bits per heavy atom. The van der Waals surface area contributed by atoms with Crippen LogP contribution in [0.4, 0.5) is 5.69 Å². The van der Waals surface area contributed by atoms with Gasteiger partial charge < -0.3 is 20.3 Å². The van der Waals surface area contributed by atoms with E-state index in [1.807, 2.05) is 12.2 Å². The molecule has 1 saturated carbocycles. The molecule has 0 aromatic heterocycles. The van der Waals surface area contributed by atoms with Crippen LogP contribution < -0.4 is 10.6 Å². The van der Waals surface area contributed by atoms with E-state index in [1.165, 1.54) is 0 Å². The van der Waals surface area contributed by atoms with Crippen molar-refractivity contribution in [3.8, 4) is 0 Å². The number of hydrogen-bond acceptors (Lipinski definition) is 4. The SMILES string of the molecule is CC(C)CCN1C(=O)[C@@H]2[C@H](C(=O)Nc3cc(Cl)cc(Cl)c3)[C@@H]3C=C[C@@]2(O3)[C@@H]1C(=O)N[C@@H]1CCC[C@@H](C)[C@H]1C. The minimum atomic E-state index is -1.17. The van der Waals surface area contributed by atoms with Crippen LogP contribution in [0.1, 0.15) is 53.4 Å². The Morgan fingerprint density at radius 3 is 2.53 bits per heavy atom. The normalized spacial score (nSPS) is 35.6. The third-order valence-electron chi connectivity index (χ3n) is 9.04. The second kappa shape index (κ2) is 10.5. The highest BCUT2D eigenvalue weighted by atomic mass is 35.5. The molecule has 4 aliphatic rings. The van der Waals surface area contributed by atoms with Crippen molar-refractivity contribution in [2.75, 3.05) is 11.9 Å². The number of rotatable bonds is 7. The molecule has 7 nitrogen and oxygen atoms in total. The summed E-state index contributed by atoms with van der Waals surface area (Å²) in [6.07, 6.45) is 6.99. The number of amides is 3. The first kappa shape index (κ1) is 27.5. The minimum absolute atomic E-state index is 0.0537. The number of nitrogens with one attached hydrogen (secondary N) is 2. The van der Waals surface area contributed by atoms with Crippen LogP contribution in [0.5, 0.6) is 0 Å². The topological polar surface area (TPSA) is 87.7 Å². The molecule has 1 aliphatic carbocycles. The molecule has 38 heavy (non-hydrogen) atoms. The molecule has 2 N–H and O–H groups in total. The van der Waals surface area contributed by atoms with Crippen molar-refractivity contribution in [1.82, 2.24) is 10.2 Å². The van der Waals surface area contributed by atoms with E-state index in [9.17, 15) is 14.4 Å². The van der Waals surface area contributed by atoms with E-state index >= 15 is 0 Å². The van der Waals surface area contributed by atoms with Gasteiger partial charge in [0.1, 0.15) is 11.6 Å². The molecule has 9 heteroatoms. The molecule has 3 aliphatic heterocycles.